The van der Waals surface area contributed by atoms with Crippen molar-refractivity contribution in [2.75, 3.05) is 5.32 Å². The van der Waals surface area contributed by atoms with E-state index in [0.29, 0.717) is 0 Å². The summed E-state index contributed by atoms with van der Waals surface area (Å²) in [7, 11) is 0. The van der Waals surface area contributed by atoms with E-state index in [1.807, 2.05) is 33.9 Å². The van der Waals surface area contributed by atoms with Gasteiger partial charge >= 0.3 is 0 Å². The first-order valence-corrected chi connectivity index (χ1v) is 24.9. The van der Waals surface area contributed by atoms with E-state index in [1.165, 1.54) is 84.5 Å². The van der Waals surface area contributed by atoms with Gasteiger partial charge in [-0.3, -0.25) is 0 Å². The topological polar surface area (TPSA) is 12.0 Å². The van der Waals surface area contributed by atoms with Crippen LogP contribution >= 0.6 is 0 Å². The predicted octanol–water partition coefficient (Wildman–Crippen LogP) is 19.4. The van der Waals surface area contributed by atoms with E-state index in [-0.39, 0.29) is 0 Å². The van der Waals surface area contributed by atoms with Crippen molar-refractivity contribution in [1.82, 2.24) is 0 Å². The molecule has 0 radical (unpaired) electrons. The maximum atomic E-state index is 4.51. The van der Waals surface area contributed by atoms with Gasteiger partial charge in [-0.15, -0.1) is 0 Å². The fraction of sp³-hybridized carbons (Fsp3) is 0.147. The molecule has 1 nitrogen and oxygen atoms in total. The average molecular weight is 898 g/mol. The number of unbranched alkanes of at least 4 members (excludes halogenated alkanes) is 2. The molecule has 0 heterocycles. The van der Waals surface area contributed by atoms with Crippen molar-refractivity contribution in [3.63, 3.8) is 0 Å². The van der Waals surface area contributed by atoms with Crippen molar-refractivity contribution in [3.8, 4) is 11.1 Å². The lowest BCUT2D eigenvalue weighted by Gasteiger charge is -2.30. The minimum absolute atomic E-state index is 0.398. The van der Waals surface area contributed by atoms with Crippen LogP contribution < -0.4 is 5.32 Å². The molecular formula is C68H67N. The maximum absolute atomic E-state index is 4.51. The van der Waals surface area contributed by atoms with Gasteiger partial charge in [-0.2, -0.15) is 0 Å². The molecule has 0 unspecified atom stereocenters. The lowest BCUT2D eigenvalue weighted by Crippen LogP contribution is -2.25. The van der Waals surface area contributed by atoms with Gasteiger partial charge in [-0.25, -0.2) is 0 Å². The predicted molar refractivity (Wildman–Crippen MR) is 305 cm³/mol. The molecule has 0 atom stereocenters. The van der Waals surface area contributed by atoms with Gasteiger partial charge in [-0.1, -0.05) is 266 Å². The first-order chi connectivity index (χ1) is 34.0. The minimum Gasteiger partial charge on any atom is -0.362 e. The molecule has 344 valence electrons. The summed E-state index contributed by atoms with van der Waals surface area (Å²) in [5, 5.41) is 8.44. The molecular weight excluding hydrogens is 831 g/mol. The molecule has 0 saturated carbocycles. The Morgan fingerprint density at radius 3 is 1.84 bits per heavy atom. The van der Waals surface area contributed by atoms with E-state index in [9.17, 15) is 0 Å². The fourth-order valence-electron chi connectivity index (χ4n) is 9.15. The highest BCUT2D eigenvalue weighted by Gasteiger charge is 2.40. The maximum Gasteiger partial charge on any atom is 0.0647 e. The zero-order valence-corrected chi connectivity index (χ0v) is 41.4. The van der Waals surface area contributed by atoms with Crippen LogP contribution in [0.2, 0.25) is 0 Å². The summed E-state index contributed by atoms with van der Waals surface area (Å²) in [5.41, 5.74) is 15.0. The van der Waals surface area contributed by atoms with Crippen LogP contribution in [0.3, 0.4) is 0 Å². The Kier molecular flexibility index (Phi) is 17.3. The van der Waals surface area contributed by atoms with E-state index in [2.05, 4.69) is 262 Å². The molecule has 1 aliphatic rings. The van der Waals surface area contributed by atoms with Gasteiger partial charge in [0, 0.05) is 11.9 Å². The second-order valence-corrected chi connectivity index (χ2v) is 17.0. The first-order valence-electron chi connectivity index (χ1n) is 24.9. The van der Waals surface area contributed by atoms with Gasteiger partial charge in [0.1, 0.15) is 0 Å². The molecule has 1 N–H and O–H groups in total. The SMILES string of the molecule is C=C(/C=C\C1=CC(c2ccccc2)(c2ccccc2)c2ccccc21)\C=C/C(=C\C=C\Nc1ccc(-c2ccc(/C(C)=C/CCCC)cc2)cc1)c1ccc2ccc3ccccc3c2c1.CC.CC. The van der Waals surface area contributed by atoms with Crippen LogP contribution in [-0.4, -0.2) is 0 Å². The van der Waals surface area contributed by atoms with Gasteiger partial charge in [-0.05, 0) is 126 Å². The lowest BCUT2D eigenvalue weighted by atomic mass is 9.71. The summed E-state index contributed by atoms with van der Waals surface area (Å²) in [6, 6.07) is 67.9. The van der Waals surface area contributed by atoms with Gasteiger partial charge in [0.05, 0.1) is 5.41 Å². The highest BCUT2D eigenvalue weighted by molar-refractivity contribution is 6.08. The quantitative estimate of drug-likeness (QED) is 0.0614. The minimum atomic E-state index is -0.398. The van der Waals surface area contributed by atoms with E-state index >= 15 is 0 Å². The van der Waals surface area contributed by atoms with E-state index in [4.69, 9.17) is 0 Å². The summed E-state index contributed by atoms with van der Waals surface area (Å²) >= 11 is 0. The van der Waals surface area contributed by atoms with Crippen molar-refractivity contribution < 1.29 is 0 Å². The zero-order valence-electron chi connectivity index (χ0n) is 41.4. The smallest absolute Gasteiger partial charge is 0.0647 e. The second kappa shape index (κ2) is 24.3. The summed E-state index contributed by atoms with van der Waals surface area (Å²) in [6.07, 6.45) is 23.3. The van der Waals surface area contributed by atoms with Crippen molar-refractivity contribution >= 4 is 44.0 Å². The van der Waals surface area contributed by atoms with Crippen LogP contribution in [0.15, 0.2) is 255 Å². The van der Waals surface area contributed by atoms with E-state index in [0.717, 1.165) is 28.8 Å². The molecule has 0 aliphatic heterocycles. The number of hydrogen-bond acceptors (Lipinski definition) is 1. The molecule has 1 heteroatoms. The number of hydrogen-bond donors (Lipinski definition) is 1. The number of rotatable bonds is 15. The number of allylic oxidation sites excluding steroid dienone is 12. The Bertz CT molecular complexity index is 3100. The summed E-state index contributed by atoms with van der Waals surface area (Å²) < 4.78 is 0. The highest BCUT2D eigenvalue weighted by atomic mass is 14.8. The van der Waals surface area contributed by atoms with E-state index in [1.54, 1.807) is 0 Å². The Balaban J connectivity index is 0.00000171. The van der Waals surface area contributed by atoms with Gasteiger partial charge in [0.15, 0.2) is 0 Å². The monoisotopic (exact) mass is 898 g/mol. The summed E-state index contributed by atoms with van der Waals surface area (Å²) in [4.78, 5) is 0. The number of benzene rings is 8. The van der Waals surface area contributed by atoms with Crippen LogP contribution in [0.4, 0.5) is 5.69 Å². The molecule has 0 saturated heterocycles. The number of fused-ring (bicyclic) bond motifs is 4. The van der Waals surface area contributed by atoms with E-state index < -0.39 is 5.41 Å². The number of anilines is 1. The Morgan fingerprint density at radius 1 is 0.580 bits per heavy atom. The fourth-order valence-corrected chi connectivity index (χ4v) is 9.15. The second-order valence-electron chi connectivity index (χ2n) is 17.0. The normalized spacial score (nSPS) is 13.2. The third-order valence-corrected chi connectivity index (χ3v) is 12.7. The standard InChI is InChI=1S/C64H55N.2C2H6/c1-4-5-8-18-48(3)49-32-34-51(35-33-49)52-40-42-59(43-41-52)65-44-17-20-50(55-39-38-54-37-36-53-19-13-14-25-60(53)62(54)45-55)30-28-47(2)29-31-56-46-64(57-21-9-6-10-22-57,58-23-11-7-12-24-58)63-27-16-15-26-61(56)63;2*1-2/h6-7,9-46,65H,2,4-5,8H2,1,3H3;2*1-2H3/b30-28-,31-29-,44-17+,48-18+,50-20+;;. The molecule has 69 heavy (non-hydrogen) atoms. The van der Waals surface area contributed by atoms with Gasteiger partial charge < -0.3 is 5.32 Å². The van der Waals surface area contributed by atoms with Gasteiger partial charge in [0.2, 0.25) is 0 Å². The molecule has 1 aliphatic carbocycles. The Morgan fingerprint density at radius 2 is 1.16 bits per heavy atom. The van der Waals surface area contributed by atoms with Crippen LogP contribution in [0.25, 0.3) is 49.4 Å². The molecule has 0 amide bonds. The largest absolute Gasteiger partial charge is 0.362 e. The number of nitrogens with one attached hydrogen (secondary N) is 1. The summed E-state index contributed by atoms with van der Waals surface area (Å²) in [6.45, 7) is 17.0. The van der Waals surface area contributed by atoms with Crippen LogP contribution in [0.1, 0.15) is 94.2 Å². The van der Waals surface area contributed by atoms with Gasteiger partial charge in [0.25, 0.3) is 0 Å². The van der Waals surface area contributed by atoms with Crippen LogP contribution in [0, 0.1) is 0 Å². The third kappa shape index (κ3) is 11.5. The molecule has 8 aromatic rings. The Hall–Kier alpha value is -7.74. The molecule has 0 fully saturated rings. The van der Waals surface area contributed by atoms with Crippen molar-refractivity contribution in [2.24, 2.45) is 0 Å². The van der Waals surface area contributed by atoms with Crippen molar-refractivity contribution in [1.29, 1.82) is 0 Å². The average Bonchev–Trinajstić information content (AvgIpc) is 3.77. The lowest BCUT2D eigenvalue weighted by molar-refractivity contribution is 0.794. The first kappa shape index (κ1) is 49.2. The Labute approximate surface area is 413 Å². The zero-order chi connectivity index (χ0) is 48.4. The molecule has 0 aromatic heterocycles. The van der Waals surface area contributed by atoms with Crippen molar-refractivity contribution in [2.45, 2.75) is 66.2 Å². The van der Waals surface area contributed by atoms with Crippen LogP contribution in [-0.2, 0) is 5.41 Å². The molecule has 8 aromatic carbocycles. The molecule has 9 rings (SSSR count). The molecule has 0 spiro atoms. The highest BCUT2D eigenvalue weighted by Crippen LogP contribution is 2.50. The molecule has 0 bridgehead atoms. The van der Waals surface area contributed by atoms with Crippen molar-refractivity contribution in [3.05, 3.63) is 288 Å². The summed E-state index contributed by atoms with van der Waals surface area (Å²) in [5.74, 6) is 0. The van der Waals surface area contributed by atoms with Crippen LogP contribution in [0.5, 0.6) is 0 Å². The third-order valence-electron chi connectivity index (χ3n) is 12.7.